The number of carbonyl (C=O) groups is 1. The normalized spacial score (nSPS) is 13.3. The van der Waals surface area contributed by atoms with Crippen molar-refractivity contribution in [3.8, 4) is 11.5 Å². The standard InChI is InChI=1S/C19H15ClN4O4/c20-16-4-2-1-3-15(16)18-22-21-17(28-18)11-23(13-9-10-13)19(25)12-5-7-14(8-6-12)24(26)27/h1-8,13H,9-11H2. The Morgan fingerprint density at radius 2 is 1.89 bits per heavy atom. The van der Waals surface area contributed by atoms with Crippen molar-refractivity contribution in [2.24, 2.45) is 0 Å². The number of hydrogen-bond donors (Lipinski definition) is 0. The van der Waals surface area contributed by atoms with Gasteiger partial charge in [-0.3, -0.25) is 14.9 Å². The molecule has 3 aromatic rings. The molecule has 1 aliphatic carbocycles. The lowest BCUT2D eigenvalue weighted by molar-refractivity contribution is -0.384. The Morgan fingerprint density at radius 1 is 1.18 bits per heavy atom. The zero-order chi connectivity index (χ0) is 19.7. The van der Waals surface area contributed by atoms with Crippen LogP contribution in [-0.4, -0.2) is 32.0 Å². The summed E-state index contributed by atoms with van der Waals surface area (Å²) in [4.78, 5) is 24.8. The second-order valence-corrected chi connectivity index (χ2v) is 6.86. The Bertz CT molecular complexity index is 1030. The molecule has 0 N–H and O–H groups in total. The third kappa shape index (κ3) is 3.72. The first-order chi connectivity index (χ1) is 13.5. The highest BCUT2D eigenvalue weighted by Crippen LogP contribution is 2.31. The monoisotopic (exact) mass is 398 g/mol. The Kier molecular flexibility index (Phi) is 4.79. The lowest BCUT2D eigenvalue weighted by Crippen LogP contribution is -2.32. The van der Waals surface area contributed by atoms with E-state index in [-0.39, 0.29) is 24.2 Å². The molecule has 1 amide bonds. The number of amides is 1. The maximum atomic E-state index is 12.9. The Balaban J connectivity index is 1.54. The van der Waals surface area contributed by atoms with Gasteiger partial charge in [-0.05, 0) is 37.1 Å². The SMILES string of the molecule is O=C(c1ccc([N+](=O)[O-])cc1)N(Cc1nnc(-c2ccccc2Cl)o1)C1CC1. The van der Waals surface area contributed by atoms with E-state index in [4.69, 9.17) is 16.0 Å². The Morgan fingerprint density at radius 3 is 2.54 bits per heavy atom. The van der Waals surface area contributed by atoms with Gasteiger partial charge in [0.05, 0.1) is 22.1 Å². The lowest BCUT2D eigenvalue weighted by atomic mass is 10.2. The summed E-state index contributed by atoms with van der Waals surface area (Å²) in [5, 5.41) is 19.4. The maximum Gasteiger partial charge on any atom is 0.269 e. The number of non-ortho nitro benzene ring substituents is 1. The van der Waals surface area contributed by atoms with E-state index in [0.717, 1.165) is 12.8 Å². The summed E-state index contributed by atoms with van der Waals surface area (Å²) >= 11 is 6.16. The molecule has 0 spiro atoms. The molecule has 1 heterocycles. The van der Waals surface area contributed by atoms with Crippen LogP contribution in [0.15, 0.2) is 52.9 Å². The predicted octanol–water partition coefficient (Wildman–Crippen LogP) is 4.10. The molecule has 0 saturated heterocycles. The van der Waals surface area contributed by atoms with Crippen LogP contribution in [0.1, 0.15) is 29.1 Å². The van der Waals surface area contributed by atoms with Crippen molar-refractivity contribution >= 4 is 23.2 Å². The summed E-state index contributed by atoms with van der Waals surface area (Å²) in [6.45, 7) is 0.165. The van der Waals surface area contributed by atoms with E-state index in [2.05, 4.69) is 10.2 Å². The molecule has 1 aromatic heterocycles. The Hall–Kier alpha value is -3.26. The van der Waals surface area contributed by atoms with E-state index >= 15 is 0 Å². The van der Waals surface area contributed by atoms with Crippen LogP contribution in [0.25, 0.3) is 11.5 Å². The number of rotatable bonds is 6. The molecule has 28 heavy (non-hydrogen) atoms. The zero-order valence-corrected chi connectivity index (χ0v) is 15.4. The smallest absolute Gasteiger partial charge is 0.269 e. The van der Waals surface area contributed by atoms with Gasteiger partial charge in [0.25, 0.3) is 11.6 Å². The van der Waals surface area contributed by atoms with Gasteiger partial charge in [-0.15, -0.1) is 10.2 Å². The number of halogens is 1. The Labute approximate surface area is 164 Å². The summed E-state index contributed by atoms with van der Waals surface area (Å²) in [6.07, 6.45) is 1.79. The number of nitrogens with zero attached hydrogens (tertiary/aromatic N) is 4. The molecular weight excluding hydrogens is 384 g/mol. The molecule has 1 fully saturated rings. The second kappa shape index (κ2) is 7.40. The van der Waals surface area contributed by atoms with Gasteiger partial charge in [0.2, 0.25) is 11.8 Å². The molecule has 1 aliphatic rings. The fraction of sp³-hybridized carbons (Fsp3) is 0.211. The van der Waals surface area contributed by atoms with Gasteiger partial charge in [0.15, 0.2) is 0 Å². The van der Waals surface area contributed by atoms with Crippen LogP contribution < -0.4 is 0 Å². The van der Waals surface area contributed by atoms with Crippen LogP contribution in [0.3, 0.4) is 0 Å². The molecule has 142 valence electrons. The highest BCUT2D eigenvalue weighted by molar-refractivity contribution is 6.33. The topological polar surface area (TPSA) is 102 Å². The fourth-order valence-corrected chi connectivity index (χ4v) is 3.07. The highest BCUT2D eigenvalue weighted by Gasteiger charge is 2.34. The first-order valence-corrected chi connectivity index (χ1v) is 9.03. The van der Waals surface area contributed by atoms with Crippen LogP contribution >= 0.6 is 11.6 Å². The summed E-state index contributed by atoms with van der Waals surface area (Å²) < 4.78 is 5.71. The van der Waals surface area contributed by atoms with Crippen molar-refractivity contribution in [2.45, 2.75) is 25.4 Å². The minimum absolute atomic E-state index is 0.0594. The van der Waals surface area contributed by atoms with E-state index in [1.54, 1.807) is 23.1 Å². The quantitative estimate of drug-likeness (QED) is 0.457. The van der Waals surface area contributed by atoms with Gasteiger partial charge in [-0.1, -0.05) is 23.7 Å². The maximum absolute atomic E-state index is 12.9. The third-order valence-corrected chi connectivity index (χ3v) is 4.78. The minimum atomic E-state index is -0.498. The van der Waals surface area contributed by atoms with Gasteiger partial charge in [0, 0.05) is 23.7 Å². The van der Waals surface area contributed by atoms with E-state index < -0.39 is 4.92 Å². The molecule has 0 bridgehead atoms. The first-order valence-electron chi connectivity index (χ1n) is 8.65. The molecule has 0 radical (unpaired) electrons. The van der Waals surface area contributed by atoms with Crippen LogP contribution in [0, 0.1) is 10.1 Å². The van der Waals surface area contributed by atoms with E-state index in [0.29, 0.717) is 27.9 Å². The number of aromatic nitrogens is 2. The molecule has 1 saturated carbocycles. The molecule has 9 heteroatoms. The van der Waals surface area contributed by atoms with Gasteiger partial charge < -0.3 is 9.32 Å². The van der Waals surface area contributed by atoms with Crippen molar-refractivity contribution in [1.29, 1.82) is 0 Å². The molecule has 4 rings (SSSR count). The number of nitro groups is 1. The van der Waals surface area contributed by atoms with Crippen molar-refractivity contribution in [3.63, 3.8) is 0 Å². The van der Waals surface area contributed by atoms with Crippen molar-refractivity contribution in [3.05, 3.63) is 75.1 Å². The number of hydrogen-bond acceptors (Lipinski definition) is 6. The van der Waals surface area contributed by atoms with Crippen LogP contribution in [0.5, 0.6) is 0 Å². The molecular formula is C19H15ClN4O4. The van der Waals surface area contributed by atoms with Gasteiger partial charge in [-0.25, -0.2) is 0 Å². The average molecular weight is 399 g/mol. The van der Waals surface area contributed by atoms with E-state index in [9.17, 15) is 14.9 Å². The summed E-state index contributed by atoms with van der Waals surface area (Å²) in [5.41, 5.74) is 0.946. The number of benzene rings is 2. The zero-order valence-electron chi connectivity index (χ0n) is 14.6. The second-order valence-electron chi connectivity index (χ2n) is 6.45. The lowest BCUT2D eigenvalue weighted by Gasteiger charge is -2.20. The van der Waals surface area contributed by atoms with E-state index in [1.165, 1.54) is 24.3 Å². The van der Waals surface area contributed by atoms with Crippen LogP contribution in [-0.2, 0) is 6.54 Å². The molecule has 8 nitrogen and oxygen atoms in total. The van der Waals surface area contributed by atoms with Crippen molar-refractivity contribution < 1.29 is 14.1 Å². The summed E-state index contributed by atoms with van der Waals surface area (Å²) in [6, 6.07) is 12.8. The number of nitro benzene ring substituents is 1. The predicted molar refractivity (Wildman–Crippen MR) is 101 cm³/mol. The van der Waals surface area contributed by atoms with E-state index in [1.807, 2.05) is 6.07 Å². The molecule has 0 unspecified atom stereocenters. The van der Waals surface area contributed by atoms with Crippen molar-refractivity contribution in [1.82, 2.24) is 15.1 Å². The first kappa shape index (κ1) is 18.1. The largest absolute Gasteiger partial charge is 0.419 e. The highest BCUT2D eigenvalue weighted by atomic mass is 35.5. The molecule has 0 aliphatic heterocycles. The third-order valence-electron chi connectivity index (χ3n) is 4.45. The number of carbonyl (C=O) groups excluding carboxylic acids is 1. The summed E-state index contributed by atoms with van der Waals surface area (Å²) in [5.74, 6) is 0.367. The van der Waals surface area contributed by atoms with Gasteiger partial charge >= 0.3 is 0 Å². The van der Waals surface area contributed by atoms with Gasteiger partial charge in [0.1, 0.15) is 0 Å². The van der Waals surface area contributed by atoms with Crippen LogP contribution in [0.2, 0.25) is 5.02 Å². The molecule has 0 atom stereocenters. The average Bonchev–Trinajstić information content (AvgIpc) is 3.44. The summed E-state index contributed by atoms with van der Waals surface area (Å²) in [7, 11) is 0. The minimum Gasteiger partial charge on any atom is -0.419 e. The van der Waals surface area contributed by atoms with Crippen LogP contribution in [0.4, 0.5) is 5.69 Å². The van der Waals surface area contributed by atoms with Gasteiger partial charge in [-0.2, -0.15) is 0 Å². The fourth-order valence-electron chi connectivity index (χ4n) is 2.85. The van der Waals surface area contributed by atoms with Crippen molar-refractivity contribution in [2.75, 3.05) is 0 Å². The molecule has 2 aromatic carbocycles.